The van der Waals surface area contributed by atoms with E-state index in [9.17, 15) is 9.18 Å². The fourth-order valence-electron chi connectivity index (χ4n) is 3.38. The zero-order valence-corrected chi connectivity index (χ0v) is 17.3. The van der Waals surface area contributed by atoms with Gasteiger partial charge in [-0.1, -0.05) is 38.8 Å². The van der Waals surface area contributed by atoms with Gasteiger partial charge in [-0.2, -0.15) is 0 Å². The highest BCUT2D eigenvalue weighted by atomic mass is 19.1. The van der Waals surface area contributed by atoms with Crippen molar-refractivity contribution in [1.29, 1.82) is 0 Å². The molecule has 154 valence electrons. The highest BCUT2D eigenvalue weighted by molar-refractivity contribution is 5.78. The largest absolute Gasteiger partial charge is 0.465 e. The van der Waals surface area contributed by atoms with E-state index in [2.05, 4.69) is 13.8 Å². The Bertz CT molecular complexity index is 947. The normalized spacial score (nSPS) is 11.1. The van der Waals surface area contributed by atoms with Crippen molar-refractivity contribution >= 4 is 17.0 Å². The third-order valence-electron chi connectivity index (χ3n) is 5.02. The highest BCUT2D eigenvalue weighted by Crippen LogP contribution is 2.24. The van der Waals surface area contributed by atoms with Crippen molar-refractivity contribution in [2.45, 2.75) is 58.8 Å². The van der Waals surface area contributed by atoms with E-state index in [4.69, 9.17) is 9.72 Å². The first kappa shape index (κ1) is 21.0. The van der Waals surface area contributed by atoms with Crippen LogP contribution in [-0.4, -0.2) is 22.1 Å². The van der Waals surface area contributed by atoms with Crippen molar-refractivity contribution in [1.82, 2.24) is 9.55 Å². The molecule has 29 heavy (non-hydrogen) atoms. The second-order valence-electron chi connectivity index (χ2n) is 7.34. The van der Waals surface area contributed by atoms with Crippen LogP contribution in [-0.2, 0) is 22.4 Å². The molecule has 0 bridgehead atoms. The van der Waals surface area contributed by atoms with E-state index in [-0.39, 0.29) is 11.8 Å². The number of ether oxygens (including phenoxy) is 1. The SMILES string of the molecule is CCCCC(=O)OCCc1ccc(-n2c(CCCC)nc3ccc(F)cc32)cc1. The van der Waals surface area contributed by atoms with Crippen LogP contribution in [0.5, 0.6) is 0 Å². The molecule has 0 saturated heterocycles. The number of carbonyl (C=O) groups is 1. The summed E-state index contributed by atoms with van der Waals surface area (Å²) in [6.45, 7) is 4.60. The van der Waals surface area contributed by atoms with Crippen LogP contribution in [0.1, 0.15) is 57.3 Å². The van der Waals surface area contributed by atoms with Gasteiger partial charge in [-0.3, -0.25) is 9.36 Å². The van der Waals surface area contributed by atoms with Gasteiger partial charge < -0.3 is 4.74 Å². The quantitative estimate of drug-likeness (QED) is 0.408. The predicted molar refractivity (Wildman–Crippen MR) is 114 cm³/mol. The third kappa shape index (κ3) is 5.43. The monoisotopic (exact) mass is 396 g/mol. The first-order valence-corrected chi connectivity index (χ1v) is 10.5. The van der Waals surface area contributed by atoms with Crippen LogP contribution in [0, 0.1) is 5.82 Å². The number of aromatic nitrogens is 2. The number of unbranched alkanes of at least 4 members (excludes halogenated alkanes) is 2. The molecule has 0 unspecified atom stereocenters. The number of hydrogen-bond donors (Lipinski definition) is 0. The van der Waals surface area contributed by atoms with Gasteiger partial charge >= 0.3 is 5.97 Å². The molecule has 1 heterocycles. The maximum absolute atomic E-state index is 13.9. The van der Waals surface area contributed by atoms with Gasteiger partial charge in [-0.25, -0.2) is 9.37 Å². The van der Waals surface area contributed by atoms with Crippen molar-refractivity contribution in [2.24, 2.45) is 0 Å². The predicted octanol–water partition coefficient (Wildman–Crippen LogP) is 5.78. The smallest absolute Gasteiger partial charge is 0.305 e. The summed E-state index contributed by atoms with van der Waals surface area (Å²) >= 11 is 0. The van der Waals surface area contributed by atoms with Crippen molar-refractivity contribution < 1.29 is 13.9 Å². The Morgan fingerprint density at radius 1 is 1.03 bits per heavy atom. The Morgan fingerprint density at radius 2 is 1.79 bits per heavy atom. The second kappa shape index (κ2) is 10.2. The summed E-state index contributed by atoms with van der Waals surface area (Å²) in [5, 5.41) is 0. The Labute approximate surface area is 171 Å². The molecule has 0 amide bonds. The van der Waals surface area contributed by atoms with E-state index >= 15 is 0 Å². The summed E-state index contributed by atoms with van der Waals surface area (Å²) in [5.41, 5.74) is 3.66. The van der Waals surface area contributed by atoms with Crippen molar-refractivity contribution in [2.75, 3.05) is 6.61 Å². The molecule has 1 aromatic heterocycles. The van der Waals surface area contributed by atoms with Gasteiger partial charge in [0.1, 0.15) is 11.6 Å². The Kier molecular flexibility index (Phi) is 7.39. The molecule has 3 aromatic rings. The Hall–Kier alpha value is -2.69. The maximum atomic E-state index is 13.9. The molecule has 0 saturated carbocycles. The first-order valence-electron chi connectivity index (χ1n) is 10.5. The zero-order valence-electron chi connectivity index (χ0n) is 17.3. The number of benzene rings is 2. The number of esters is 1. The molecule has 3 rings (SSSR count). The van der Waals surface area contributed by atoms with Crippen LogP contribution in [0.3, 0.4) is 0 Å². The summed E-state index contributed by atoms with van der Waals surface area (Å²) in [6.07, 6.45) is 5.99. The fourth-order valence-corrected chi connectivity index (χ4v) is 3.38. The van der Waals surface area contributed by atoms with E-state index in [0.717, 1.165) is 60.2 Å². The van der Waals surface area contributed by atoms with Gasteiger partial charge in [0.2, 0.25) is 0 Å². The summed E-state index contributed by atoms with van der Waals surface area (Å²) in [7, 11) is 0. The van der Waals surface area contributed by atoms with Crippen LogP contribution in [0.25, 0.3) is 16.7 Å². The zero-order chi connectivity index (χ0) is 20.6. The number of halogens is 1. The summed E-state index contributed by atoms with van der Waals surface area (Å²) in [4.78, 5) is 16.3. The molecule has 0 N–H and O–H groups in total. The maximum Gasteiger partial charge on any atom is 0.305 e. The molecule has 4 nitrogen and oxygen atoms in total. The lowest BCUT2D eigenvalue weighted by Crippen LogP contribution is -2.07. The molecule has 0 aliphatic carbocycles. The van der Waals surface area contributed by atoms with Gasteiger partial charge in [-0.15, -0.1) is 0 Å². The molecular formula is C24H29FN2O2. The summed E-state index contributed by atoms with van der Waals surface area (Å²) < 4.78 is 21.2. The van der Waals surface area contributed by atoms with Crippen LogP contribution >= 0.6 is 0 Å². The average Bonchev–Trinajstić information content (AvgIpc) is 3.08. The molecule has 0 fully saturated rings. The minimum atomic E-state index is -0.262. The van der Waals surface area contributed by atoms with Gasteiger partial charge in [0.05, 0.1) is 17.6 Å². The highest BCUT2D eigenvalue weighted by Gasteiger charge is 2.13. The summed E-state index contributed by atoms with van der Waals surface area (Å²) in [5.74, 6) is 0.559. The standard InChI is InChI=1S/C24H29FN2O2/c1-3-5-7-23-26-21-14-11-19(25)17-22(21)27(23)20-12-9-18(10-13-20)15-16-29-24(28)8-6-4-2/h9-14,17H,3-8,15-16H2,1-2H3. The molecule has 0 aliphatic rings. The lowest BCUT2D eigenvalue weighted by Gasteiger charge is -2.11. The molecule has 0 aliphatic heterocycles. The number of rotatable bonds is 10. The minimum absolute atomic E-state index is 0.129. The van der Waals surface area contributed by atoms with E-state index in [1.54, 1.807) is 12.1 Å². The van der Waals surface area contributed by atoms with Crippen LogP contribution in [0.15, 0.2) is 42.5 Å². The van der Waals surface area contributed by atoms with Crippen LogP contribution in [0.4, 0.5) is 4.39 Å². The molecular weight excluding hydrogens is 367 g/mol. The summed E-state index contributed by atoms with van der Waals surface area (Å²) in [6, 6.07) is 12.8. The molecule has 2 aromatic carbocycles. The van der Waals surface area contributed by atoms with Gasteiger partial charge in [-0.05, 0) is 42.7 Å². The number of nitrogens with zero attached hydrogens (tertiary/aromatic N) is 2. The number of imidazole rings is 1. The number of fused-ring (bicyclic) bond motifs is 1. The number of carbonyl (C=O) groups excluding carboxylic acids is 1. The Morgan fingerprint density at radius 3 is 2.52 bits per heavy atom. The lowest BCUT2D eigenvalue weighted by atomic mass is 10.1. The van der Waals surface area contributed by atoms with E-state index in [1.165, 1.54) is 6.07 Å². The number of aryl methyl sites for hydroxylation is 1. The van der Waals surface area contributed by atoms with E-state index in [1.807, 2.05) is 28.8 Å². The molecule has 0 atom stereocenters. The van der Waals surface area contributed by atoms with E-state index in [0.29, 0.717) is 19.4 Å². The minimum Gasteiger partial charge on any atom is -0.465 e. The van der Waals surface area contributed by atoms with Crippen molar-refractivity contribution in [3.05, 3.63) is 59.7 Å². The molecule has 5 heteroatoms. The number of hydrogen-bond acceptors (Lipinski definition) is 3. The first-order chi connectivity index (χ1) is 14.1. The van der Waals surface area contributed by atoms with Crippen LogP contribution in [0.2, 0.25) is 0 Å². The van der Waals surface area contributed by atoms with E-state index < -0.39 is 0 Å². The fraction of sp³-hybridized carbons (Fsp3) is 0.417. The average molecular weight is 397 g/mol. The Balaban J connectivity index is 1.76. The second-order valence-corrected chi connectivity index (χ2v) is 7.34. The molecule has 0 radical (unpaired) electrons. The third-order valence-corrected chi connectivity index (χ3v) is 5.02. The van der Waals surface area contributed by atoms with Gasteiger partial charge in [0, 0.05) is 31.0 Å². The van der Waals surface area contributed by atoms with Gasteiger partial charge in [0.25, 0.3) is 0 Å². The lowest BCUT2D eigenvalue weighted by molar-refractivity contribution is -0.143. The molecule has 0 spiro atoms. The van der Waals surface area contributed by atoms with Crippen molar-refractivity contribution in [3.63, 3.8) is 0 Å². The topological polar surface area (TPSA) is 44.1 Å². The van der Waals surface area contributed by atoms with Crippen molar-refractivity contribution in [3.8, 4) is 5.69 Å². The van der Waals surface area contributed by atoms with Gasteiger partial charge in [0.15, 0.2) is 0 Å². The van der Waals surface area contributed by atoms with Crippen LogP contribution < -0.4 is 0 Å².